The number of benzene rings is 1. The Kier molecular flexibility index (Phi) is 3.43. The second-order valence-electron chi connectivity index (χ2n) is 3.53. The zero-order chi connectivity index (χ0) is 12.3. The molecule has 1 aromatic heterocycles. The monoisotopic (exact) mass is 248 g/mol. The number of nitrogens with one attached hydrogen (secondary N) is 1. The smallest absolute Gasteiger partial charge is 0.257 e. The van der Waals surface area contributed by atoms with Crippen LogP contribution in [0.15, 0.2) is 28.8 Å². The Morgan fingerprint density at radius 2 is 2.12 bits per heavy atom. The van der Waals surface area contributed by atoms with Crippen LogP contribution in [0, 0.1) is 12.3 Å². The average molecular weight is 248 g/mol. The van der Waals surface area contributed by atoms with Gasteiger partial charge in [-0.2, -0.15) is 4.98 Å². The SMILES string of the molecule is Cc1ccc(-c2nc(CSC(=N)N)no2)cc1. The van der Waals surface area contributed by atoms with E-state index in [-0.39, 0.29) is 5.17 Å². The Bertz CT molecular complexity index is 521. The Morgan fingerprint density at radius 3 is 2.76 bits per heavy atom. The van der Waals surface area contributed by atoms with Crippen LogP contribution in [0.2, 0.25) is 0 Å². The molecule has 0 fully saturated rings. The number of aromatic nitrogens is 2. The number of thioether (sulfide) groups is 1. The van der Waals surface area contributed by atoms with E-state index in [2.05, 4.69) is 10.1 Å². The van der Waals surface area contributed by atoms with Crippen molar-refractivity contribution in [2.75, 3.05) is 0 Å². The molecule has 88 valence electrons. The Hall–Kier alpha value is -1.82. The van der Waals surface area contributed by atoms with Crippen LogP contribution in [0.25, 0.3) is 11.5 Å². The summed E-state index contributed by atoms with van der Waals surface area (Å²) < 4.78 is 5.14. The Balaban J connectivity index is 2.12. The van der Waals surface area contributed by atoms with Crippen LogP contribution in [0.3, 0.4) is 0 Å². The first-order valence-electron chi connectivity index (χ1n) is 5.01. The van der Waals surface area contributed by atoms with Gasteiger partial charge >= 0.3 is 0 Å². The summed E-state index contributed by atoms with van der Waals surface area (Å²) in [5.41, 5.74) is 7.31. The molecule has 1 aromatic carbocycles. The highest BCUT2D eigenvalue weighted by molar-refractivity contribution is 8.12. The summed E-state index contributed by atoms with van der Waals surface area (Å²) >= 11 is 1.17. The van der Waals surface area contributed by atoms with Crippen molar-refractivity contribution in [3.8, 4) is 11.5 Å². The van der Waals surface area contributed by atoms with Gasteiger partial charge in [0.2, 0.25) is 0 Å². The van der Waals surface area contributed by atoms with Gasteiger partial charge in [0, 0.05) is 5.56 Å². The summed E-state index contributed by atoms with van der Waals surface area (Å²) in [4.78, 5) is 4.23. The molecule has 17 heavy (non-hydrogen) atoms. The standard InChI is InChI=1S/C11H12N4OS/c1-7-2-4-8(5-3-7)10-14-9(15-16-10)6-17-11(12)13/h2-5H,6H2,1H3,(H3,12,13). The normalized spacial score (nSPS) is 10.4. The first-order valence-corrected chi connectivity index (χ1v) is 6.00. The first-order chi connectivity index (χ1) is 8.15. The van der Waals surface area contributed by atoms with Crippen molar-refractivity contribution in [2.24, 2.45) is 5.73 Å². The van der Waals surface area contributed by atoms with Gasteiger partial charge in [0.1, 0.15) is 0 Å². The number of hydrogen-bond donors (Lipinski definition) is 2. The third kappa shape index (κ3) is 3.07. The molecule has 1 heterocycles. The quantitative estimate of drug-likeness (QED) is 0.642. The van der Waals surface area contributed by atoms with Crippen LogP contribution in [0.1, 0.15) is 11.4 Å². The molecular weight excluding hydrogens is 236 g/mol. The maximum Gasteiger partial charge on any atom is 0.257 e. The average Bonchev–Trinajstić information content (AvgIpc) is 2.76. The fourth-order valence-corrected chi connectivity index (χ4v) is 1.67. The molecule has 2 aromatic rings. The third-order valence-electron chi connectivity index (χ3n) is 2.12. The molecule has 0 saturated carbocycles. The van der Waals surface area contributed by atoms with E-state index in [0.29, 0.717) is 17.5 Å². The summed E-state index contributed by atoms with van der Waals surface area (Å²) in [5, 5.41) is 11.0. The van der Waals surface area contributed by atoms with Gasteiger partial charge < -0.3 is 10.3 Å². The first kappa shape index (κ1) is 11.7. The van der Waals surface area contributed by atoms with Gasteiger partial charge in [-0.15, -0.1) is 0 Å². The number of rotatable bonds is 3. The molecule has 5 nitrogen and oxygen atoms in total. The molecule has 0 aliphatic heterocycles. The lowest BCUT2D eigenvalue weighted by Gasteiger charge is -1.94. The highest BCUT2D eigenvalue weighted by Gasteiger charge is 2.08. The predicted molar refractivity (Wildman–Crippen MR) is 67.7 cm³/mol. The maximum atomic E-state index is 7.09. The topological polar surface area (TPSA) is 88.8 Å². The van der Waals surface area contributed by atoms with Crippen LogP contribution >= 0.6 is 11.8 Å². The van der Waals surface area contributed by atoms with Crippen molar-refractivity contribution < 1.29 is 4.52 Å². The predicted octanol–water partition coefficient (Wildman–Crippen LogP) is 2.17. The van der Waals surface area contributed by atoms with Crippen molar-refractivity contribution in [1.82, 2.24) is 10.1 Å². The van der Waals surface area contributed by atoms with Gasteiger partial charge in [0.15, 0.2) is 11.0 Å². The molecule has 0 bridgehead atoms. The number of amidine groups is 1. The number of hydrogen-bond acceptors (Lipinski definition) is 5. The fourth-order valence-electron chi connectivity index (χ4n) is 1.27. The van der Waals surface area contributed by atoms with Gasteiger partial charge in [-0.1, -0.05) is 34.6 Å². The minimum atomic E-state index is 0.0479. The Morgan fingerprint density at radius 1 is 1.41 bits per heavy atom. The molecule has 0 amide bonds. The number of nitrogens with two attached hydrogens (primary N) is 1. The molecular formula is C11H12N4OS. The summed E-state index contributed by atoms with van der Waals surface area (Å²) in [6.07, 6.45) is 0. The zero-order valence-corrected chi connectivity index (χ0v) is 10.1. The summed E-state index contributed by atoms with van der Waals surface area (Å²) in [6.45, 7) is 2.02. The van der Waals surface area contributed by atoms with Crippen LogP contribution in [0.5, 0.6) is 0 Å². The largest absolute Gasteiger partial charge is 0.379 e. The summed E-state index contributed by atoms with van der Waals surface area (Å²) in [5.74, 6) is 1.48. The lowest BCUT2D eigenvalue weighted by Crippen LogP contribution is -2.04. The number of nitrogens with zero attached hydrogens (tertiary/aromatic N) is 2. The van der Waals surface area contributed by atoms with E-state index in [4.69, 9.17) is 15.7 Å². The van der Waals surface area contributed by atoms with Crippen LogP contribution < -0.4 is 5.73 Å². The molecule has 0 radical (unpaired) electrons. The van der Waals surface area contributed by atoms with E-state index in [1.807, 2.05) is 31.2 Å². The molecule has 0 atom stereocenters. The van der Waals surface area contributed by atoms with Gasteiger partial charge in [-0.3, -0.25) is 5.41 Å². The van der Waals surface area contributed by atoms with E-state index in [1.54, 1.807) is 0 Å². The van der Waals surface area contributed by atoms with E-state index in [9.17, 15) is 0 Å². The van der Waals surface area contributed by atoms with Gasteiger partial charge in [0.25, 0.3) is 5.89 Å². The minimum Gasteiger partial charge on any atom is -0.379 e. The summed E-state index contributed by atoms with van der Waals surface area (Å²) in [6, 6.07) is 7.85. The van der Waals surface area contributed by atoms with Crippen molar-refractivity contribution in [3.05, 3.63) is 35.7 Å². The van der Waals surface area contributed by atoms with Crippen LogP contribution in [-0.2, 0) is 5.75 Å². The highest BCUT2D eigenvalue weighted by Crippen LogP contribution is 2.18. The van der Waals surface area contributed by atoms with Gasteiger partial charge in [0.05, 0.1) is 5.75 Å². The van der Waals surface area contributed by atoms with E-state index >= 15 is 0 Å². The van der Waals surface area contributed by atoms with E-state index < -0.39 is 0 Å². The van der Waals surface area contributed by atoms with Crippen molar-refractivity contribution in [2.45, 2.75) is 12.7 Å². The second-order valence-corrected chi connectivity index (χ2v) is 4.55. The van der Waals surface area contributed by atoms with Crippen molar-refractivity contribution in [1.29, 1.82) is 5.41 Å². The third-order valence-corrected chi connectivity index (χ3v) is 2.84. The molecule has 0 aliphatic carbocycles. The van der Waals surface area contributed by atoms with Gasteiger partial charge in [-0.25, -0.2) is 0 Å². The lowest BCUT2D eigenvalue weighted by atomic mass is 10.1. The van der Waals surface area contributed by atoms with Crippen LogP contribution in [-0.4, -0.2) is 15.3 Å². The lowest BCUT2D eigenvalue weighted by molar-refractivity contribution is 0.425. The highest BCUT2D eigenvalue weighted by atomic mass is 32.2. The molecule has 0 aliphatic rings. The molecule has 3 N–H and O–H groups in total. The van der Waals surface area contributed by atoms with Crippen molar-refractivity contribution >= 4 is 16.9 Å². The van der Waals surface area contributed by atoms with Crippen molar-refractivity contribution in [3.63, 3.8) is 0 Å². The molecule has 2 rings (SSSR count). The molecule has 0 saturated heterocycles. The van der Waals surface area contributed by atoms with E-state index in [0.717, 1.165) is 5.56 Å². The zero-order valence-electron chi connectivity index (χ0n) is 9.30. The fraction of sp³-hybridized carbons (Fsp3) is 0.182. The molecule has 0 spiro atoms. The van der Waals surface area contributed by atoms with E-state index in [1.165, 1.54) is 17.3 Å². The summed E-state index contributed by atoms with van der Waals surface area (Å²) in [7, 11) is 0. The molecule has 0 unspecified atom stereocenters. The molecule has 6 heteroatoms. The Labute approximate surface area is 103 Å². The maximum absolute atomic E-state index is 7.09. The second kappa shape index (κ2) is 5.01. The minimum absolute atomic E-state index is 0.0479. The van der Waals surface area contributed by atoms with Crippen LogP contribution in [0.4, 0.5) is 0 Å². The van der Waals surface area contributed by atoms with Gasteiger partial charge in [-0.05, 0) is 19.1 Å². The number of aryl methyl sites for hydroxylation is 1.